The molecule has 2 aromatic rings. The van der Waals surface area contributed by atoms with E-state index in [2.05, 4.69) is 20.2 Å². The summed E-state index contributed by atoms with van der Waals surface area (Å²) in [4.78, 5) is 8.13. The quantitative estimate of drug-likeness (QED) is 0.691. The van der Waals surface area contributed by atoms with Gasteiger partial charge in [-0.15, -0.1) is 5.10 Å². The summed E-state index contributed by atoms with van der Waals surface area (Å²) >= 11 is 0. The van der Waals surface area contributed by atoms with E-state index in [4.69, 9.17) is 5.73 Å². The van der Waals surface area contributed by atoms with Crippen LogP contribution in [-0.4, -0.2) is 20.2 Å². The predicted molar refractivity (Wildman–Crippen MR) is 47.8 cm³/mol. The van der Waals surface area contributed by atoms with Crippen molar-refractivity contribution in [2.24, 2.45) is 0 Å². The largest absolute Gasteiger partial charge is 0.367 e. The van der Waals surface area contributed by atoms with Crippen molar-refractivity contribution in [2.75, 3.05) is 5.73 Å². The first-order valence-electron chi connectivity index (χ1n) is 3.91. The molecule has 0 bridgehead atoms. The minimum absolute atomic E-state index is 0.269. The predicted octanol–water partition coefficient (Wildman–Crippen LogP) is 0.373. The van der Waals surface area contributed by atoms with Gasteiger partial charge in [0.25, 0.3) is 0 Å². The van der Waals surface area contributed by atoms with Crippen molar-refractivity contribution in [2.45, 2.75) is 6.42 Å². The molecule has 0 spiro atoms. The molecule has 2 aromatic heterocycles. The molecule has 0 unspecified atom stereocenters. The number of nitrogens with two attached hydrogens (primary N) is 1. The van der Waals surface area contributed by atoms with Gasteiger partial charge in [0.2, 0.25) is 5.95 Å². The van der Waals surface area contributed by atoms with Gasteiger partial charge >= 0.3 is 0 Å². The normalized spacial score (nSPS) is 10.2. The monoisotopic (exact) mass is 175 g/mol. The van der Waals surface area contributed by atoms with Crippen molar-refractivity contribution >= 4 is 5.95 Å². The van der Waals surface area contributed by atoms with E-state index in [9.17, 15) is 0 Å². The molecule has 5 nitrogen and oxygen atoms in total. The molecule has 2 rings (SSSR count). The third-order valence-electron chi connectivity index (χ3n) is 1.62. The molecule has 13 heavy (non-hydrogen) atoms. The highest BCUT2D eigenvalue weighted by atomic mass is 15.3. The highest BCUT2D eigenvalue weighted by Crippen LogP contribution is 2.01. The van der Waals surface area contributed by atoms with E-state index >= 15 is 0 Å². The van der Waals surface area contributed by atoms with E-state index in [0.29, 0.717) is 6.42 Å². The molecule has 66 valence electrons. The van der Waals surface area contributed by atoms with Crippen molar-refractivity contribution in [1.29, 1.82) is 0 Å². The van der Waals surface area contributed by atoms with Crippen LogP contribution >= 0.6 is 0 Å². The van der Waals surface area contributed by atoms with Crippen LogP contribution < -0.4 is 5.73 Å². The summed E-state index contributed by atoms with van der Waals surface area (Å²) in [6.07, 6.45) is 2.38. The van der Waals surface area contributed by atoms with Crippen LogP contribution in [0.15, 0.2) is 24.4 Å². The van der Waals surface area contributed by atoms with Gasteiger partial charge in [0.05, 0.1) is 0 Å². The van der Waals surface area contributed by atoms with E-state index in [0.717, 1.165) is 11.5 Å². The number of pyridine rings is 1. The van der Waals surface area contributed by atoms with E-state index in [1.165, 1.54) is 0 Å². The molecule has 0 aliphatic carbocycles. The van der Waals surface area contributed by atoms with Crippen LogP contribution in [0.25, 0.3) is 0 Å². The summed E-state index contributed by atoms with van der Waals surface area (Å²) < 4.78 is 0. The van der Waals surface area contributed by atoms with Crippen molar-refractivity contribution in [3.8, 4) is 0 Å². The van der Waals surface area contributed by atoms with Gasteiger partial charge in [0, 0.05) is 18.3 Å². The van der Waals surface area contributed by atoms with Crippen molar-refractivity contribution in [3.63, 3.8) is 0 Å². The van der Waals surface area contributed by atoms with Crippen LogP contribution in [0.2, 0.25) is 0 Å². The van der Waals surface area contributed by atoms with Crippen LogP contribution in [0.1, 0.15) is 11.5 Å². The van der Waals surface area contributed by atoms with Crippen LogP contribution in [0, 0.1) is 0 Å². The number of nitrogens with one attached hydrogen (secondary N) is 1. The Balaban J connectivity index is 2.15. The summed E-state index contributed by atoms with van der Waals surface area (Å²) in [5.41, 5.74) is 6.30. The molecule has 2 heterocycles. The van der Waals surface area contributed by atoms with Crippen LogP contribution in [0.3, 0.4) is 0 Å². The van der Waals surface area contributed by atoms with Crippen LogP contribution in [-0.2, 0) is 6.42 Å². The molecule has 5 heteroatoms. The van der Waals surface area contributed by atoms with Gasteiger partial charge in [0.15, 0.2) is 0 Å². The Hall–Kier alpha value is -1.91. The molecule has 0 amide bonds. The molecule has 0 saturated heterocycles. The molecular formula is C8H9N5. The highest BCUT2D eigenvalue weighted by Gasteiger charge is 2.00. The number of aromatic nitrogens is 4. The summed E-state index contributed by atoms with van der Waals surface area (Å²) in [5, 5.41) is 6.45. The highest BCUT2D eigenvalue weighted by molar-refractivity contribution is 5.16. The zero-order valence-corrected chi connectivity index (χ0v) is 6.94. The van der Waals surface area contributed by atoms with Gasteiger partial charge in [0.1, 0.15) is 5.82 Å². The minimum atomic E-state index is 0.269. The molecule has 0 atom stereocenters. The molecule has 0 radical (unpaired) electrons. The minimum Gasteiger partial charge on any atom is -0.367 e. The zero-order chi connectivity index (χ0) is 9.10. The van der Waals surface area contributed by atoms with Gasteiger partial charge in [-0.25, -0.2) is 0 Å². The first-order valence-corrected chi connectivity index (χ1v) is 3.91. The van der Waals surface area contributed by atoms with Gasteiger partial charge in [-0.1, -0.05) is 6.07 Å². The van der Waals surface area contributed by atoms with Crippen molar-refractivity contribution in [3.05, 3.63) is 35.9 Å². The Morgan fingerprint density at radius 2 is 2.31 bits per heavy atom. The molecule has 0 saturated carbocycles. The first kappa shape index (κ1) is 7.72. The maximum absolute atomic E-state index is 5.36. The lowest BCUT2D eigenvalue weighted by Gasteiger charge is -1.94. The Morgan fingerprint density at radius 1 is 1.38 bits per heavy atom. The molecule has 3 N–H and O–H groups in total. The van der Waals surface area contributed by atoms with E-state index in [1.54, 1.807) is 6.20 Å². The van der Waals surface area contributed by atoms with Crippen molar-refractivity contribution < 1.29 is 0 Å². The lowest BCUT2D eigenvalue weighted by atomic mass is 10.3. The fourth-order valence-corrected chi connectivity index (χ4v) is 1.06. The lowest BCUT2D eigenvalue weighted by Crippen LogP contribution is -1.93. The Bertz CT molecular complexity index is 380. The third-order valence-corrected chi connectivity index (χ3v) is 1.62. The van der Waals surface area contributed by atoms with Gasteiger partial charge in [-0.05, 0) is 12.1 Å². The van der Waals surface area contributed by atoms with E-state index in [-0.39, 0.29) is 5.95 Å². The second-order valence-electron chi connectivity index (χ2n) is 2.64. The Kier molecular flexibility index (Phi) is 1.91. The standard InChI is InChI=1S/C8H9N5/c9-8-11-7(12-13-8)5-6-3-1-2-4-10-6/h1-4H,5H2,(H3,9,11,12,13). The smallest absolute Gasteiger partial charge is 0.239 e. The maximum atomic E-state index is 5.36. The van der Waals surface area contributed by atoms with Gasteiger partial charge in [-0.2, -0.15) is 4.98 Å². The van der Waals surface area contributed by atoms with Crippen LogP contribution in [0.5, 0.6) is 0 Å². The molecular weight excluding hydrogens is 166 g/mol. The average molecular weight is 175 g/mol. The molecule has 0 aliphatic rings. The van der Waals surface area contributed by atoms with E-state index in [1.807, 2.05) is 18.2 Å². The number of H-pyrrole nitrogens is 1. The molecule has 0 aromatic carbocycles. The topological polar surface area (TPSA) is 80.5 Å². The number of nitrogens with zero attached hydrogens (tertiary/aromatic N) is 3. The molecule has 0 aliphatic heterocycles. The summed E-state index contributed by atoms with van der Waals surface area (Å²) in [5.74, 6) is 1.00. The number of hydrogen-bond donors (Lipinski definition) is 2. The average Bonchev–Trinajstić information content (AvgIpc) is 2.53. The van der Waals surface area contributed by atoms with Crippen LogP contribution in [0.4, 0.5) is 5.95 Å². The van der Waals surface area contributed by atoms with Gasteiger partial charge < -0.3 is 5.73 Å². The van der Waals surface area contributed by atoms with Gasteiger partial charge in [-0.3, -0.25) is 10.1 Å². The number of nitrogen functional groups attached to an aromatic ring is 1. The number of hydrogen-bond acceptors (Lipinski definition) is 4. The summed E-state index contributed by atoms with van der Waals surface area (Å²) in [7, 11) is 0. The maximum Gasteiger partial charge on any atom is 0.239 e. The summed E-state index contributed by atoms with van der Waals surface area (Å²) in [6.45, 7) is 0. The SMILES string of the molecule is Nc1n[nH]c(Cc2ccccn2)n1. The molecule has 0 fully saturated rings. The Labute approximate surface area is 75.0 Å². The van der Waals surface area contributed by atoms with E-state index < -0.39 is 0 Å². The fourth-order valence-electron chi connectivity index (χ4n) is 1.06. The second kappa shape index (κ2) is 3.22. The second-order valence-corrected chi connectivity index (χ2v) is 2.64. The number of rotatable bonds is 2. The number of aromatic amines is 1. The van der Waals surface area contributed by atoms with Crippen molar-refractivity contribution in [1.82, 2.24) is 20.2 Å². The third kappa shape index (κ3) is 1.81. The summed E-state index contributed by atoms with van der Waals surface area (Å²) in [6, 6.07) is 5.74. The number of anilines is 1. The Morgan fingerprint density at radius 3 is 2.92 bits per heavy atom. The first-order chi connectivity index (χ1) is 6.34. The fraction of sp³-hybridized carbons (Fsp3) is 0.125. The lowest BCUT2D eigenvalue weighted by molar-refractivity contribution is 0.942. The zero-order valence-electron chi connectivity index (χ0n) is 6.94.